The molecule has 2 aromatic carbocycles. The van der Waals surface area contributed by atoms with Crippen molar-refractivity contribution in [3.05, 3.63) is 84.6 Å². The highest BCUT2D eigenvalue weighted by Gasteiger charge is 2.31. The Labute approximate surface area is 161 Å². The van der Waals surface area contributed by atoms with Gasteiger partial charge in [0, 0.05) is 6.54 Å². The fourth-order valence-corrected chi connectivity index (χ4v) is 4.14. The summed E-state index contributed by atoms with van der Waals surface area (Å²) in [7, 11) is -3.92. The number of carbonyl (C=O) groups excluding carboxylic acids is 1. The standard InChI is InChI=1S/C20H18FNO5S/c21-15-8-10-17(11-9-15)28(24,25)19(18-7-4-12-26-18)13-22-20(23)14-27-16-5-2-1-3-6-16/h1-12,19H,13-14H2,(H,22,23). The molecule has 8 heteroatoms. The highest BCUT2D eigenvalue weighted by Crippen LogP contribution is 2.29. The molecule has 28 heavy (non-hydrogen) atoms. The number of halogens is 1. The van der Waals surface area contributed by atoms with Gasteiger partial charge in [0.2, 0.25) is 0 Å². The van der Waals surface area contributed by atoms with Crippen molar-refractivity contribution in [2.45, 2.75) is 10.1 Å². The molecule has 1 atom stereocenters. The molecule has 6 nitrogen and oxygen atoms in total. The number of sulfone groups is 1. The maximum atomic E-state index is 13.1. The predicted octanol–water partition coefficient (Wildman–Crippen LogP) is 3.13. The number of carbonyl (C=O) groups is 1. The predicted molar refractivity (Wildman–Crippen MR) is 100.0 cm³/mol. The van der Waals surface area contributed by atoms with Gasteiger partial charge in [-0.3, -0.25) is 4.79 Å². The van der Waals surface area contributed by atoms with Gasteiger partial charge >= 0.3 is 0 Å². The van der Waals surface area contributed by atoms with Crippen molar-refractivity contribution in [2.75, 3.05) is 13.2 Å². The van der Waals surface area contributed by atoms with Crippen LogP contribution in [-0.2, 0) is 14.6 Å². The highest BCUT2D eigenvalue weighted by molar-refractivity contribution is 7.91. The second kappa shape index (κ2) is 8.71. The molecule has 0 bridgehead atoms. The normalized spacial score (nSPS) is 12.3. The van der Waals surface area contributed by atoms with E-state index < -0.39 is 26.8 Å². The Morgan fingerprint density at radius 3 is 2.39 bits per heavy atom. The van der Waals surface area contributed by atoms with Crippen LogP contribution in [0, 0.1) is 5.82 Å². The number of hydrogen-bond donors (Lipinski definition) is 1. The lowest BCUT2D eigenvalue weighted by Gasteiger charge is -2.17. The van der Waals surface area contributed by atoms with Crippen LogP contribution in [0.2, 0.25) is 0 Å². The molecule has 0 saturated carbocycles. The van der Waals surface area contributed by atoms with Gasteiger partial charge in [0.25, 0.3) is 5.91 Å². The Balaban J connectivity index is 1.71. The number of ether oxygens (including phenoxy) is 1. The van der Waals surface area contributed by atoms with Gasteiger partial charge in [-0.15, -0.1) is 0 Å². The zero-order valence-electron chi connectivity index (χ0n) is 14.7. The first kappa shape index (κ1) is 19.6. The smallest absolute Gasteiger partial charge is 0.257 e. The summed E-state index contributed by atoms with van der Waals surface area (Å²) in [5, 5.41) is 1.39. The van der Waals surface area contributed by atoms with Crippen LogP contribution in [0.3, 0.4) is 0 Å². The molecule has 3 rings (SSSR count). The zero-order chi connectivity index (χ0) is 20.0. The van der Waals surface area contributed by atoms with Crippen LogP contribution in [0.1, 0.15) is 11.0 Å². The Morgan fingerprint density at radius 1 is 1.04 bits per heavy atom. The minimum Gasteiger partial charge on any atom is -0.484 e. The van der Waals surface area contributed by atoms with Crippen LogP contribution in [0.4, 0.5) is 4.39 Å². The van der Waals surface area contributed by atoms with E-state index in [0.717, 1.165) is 12.1 Å². The first-order chi connectivity index (χ1) is 13.5. The first-order valence-electron chi connectivity index (χ1n) is 8.44. The topological polar surface area (TPSA) is 85.6 Å². The van der Waals surface area contributed by atoms with Gasteiger partial charge in [0.05, 0.1) is 11.2 Å². The quantitative estimate of drug-likeness (QED) is 0.584. The van der Waals surface area contributed by atoms with Gasteiger partial charge in [0.1, 0.15) is 22.6 Å². The second-order valence-corrected chi connectivity index (χ2v) is 8.04. The molecule has 1 amide bonds. The van der Waals surface area contributed by atoms with Crippen LogP contribution < -0.4 is 10.1 Å². The number of furan rings is 1. The maximum absolute atomic E-state index is 13.1. The largest absolute Gasteiger partial charge is 0.484 e. The molecule has 1 aromatic heterocycles. The van der Waals surface area contributed by atoms with E-state index in [9.17, 15) is 17.6 Å². The number of para-hydroxylation sites is 1. The van der Waals surface area contributed by atoms with Gasteiger partial charge in [-0.05, 0) is 48.5 Å². The van der Waals surface area contributed by atoms with Crippen LogP contribution >= 0.6 is 0 Å². The molecule has 3 aromatic rings. The van der Waals surface area contributed by atoms with E-state index in [4.69, 9.17) is 9.15 Å². The SMILES string of the molecule is O=C(COc1ccccc1)NCC(c1ccco1)S(=O)(=O)c1ccc(F)cc1. The molecule has 1 N–H and O–H groups in total. The molecule has 0 saturated heterocycles. The highest BCUT2D eigenvalue weighted by atomic mass is 32.2. The van der Waals surface area contributed by atoms with E-state index in [-0.39, 0.29) is 23.8 Å². The molecule has 0 fully saturated rings. The molecule has 0 aliphatic rings. The number of benzene rings is 2. The number of rotatable bonds is 8. The molecule has 0 radical (unpaired) electrons. The van der Waals surface area contributed by atoms with Gasteiger partial charge in [-0.2, -0.15) is 0 Å². The van der Waals surface area contributed by atoms with Gasteiger partial charge in [0.15, 0.2) is 16.4 Å². The lowest BCUT2D eigenvalue weighted by Crippen LogP contribution is -2.34. The monoisotopic (exact) mass is 403 g/mol. The van der Waals surface area contributed by atoms with Gasteiger partial charge < -0.3 is 14.5 Å². The third-order valence-corrected chi connectivity index (χ3v) is 6.05. The molecule has 1 unspecified atom stereocenters. The lowest BCUT2D eigenvalue weighted by molar-refractivity contribution is -0.123. The molecule has 146 valence electrons. The number of amides is 1. The minimum absolute atomic E-state index is 0.0647. The summed E-state index contributed by atoms with van der Waals surface area (Å²) in [5.41, 5.74) is 0. The number of hydrogen-bond acceptors (Lipinski definition) is 5. The van der Waals surface area contributed by atoms with Crippen molar-refractivity contribution in [2.24, 2.45) is 0 Å². The second-order valence-electron chi connectivity index (χ2n) is 5.91. The van der Waals surface area contributed by atoms with E-state index >= 15 is 0 Å². The summed E-state index contributed by atoms with van der Waals surface area (Å²) in [6.45, 7) is -0.476. The fourth-order valence-electron chi connectivity index (χ4n) is 2.55. The maximum Gasteiger partial charge on any atom is 0.257 e. The van der Waals surface area contributed by atoms with E-state index in [1.807, 2.05) is 6.07 Å². The van der Waals surface area contributed by atoms with E-state index in [0.29, 0.717) is 5.75 Å². The van der Waals surface area contributed by atoms with Crippen LogP contribution in [0.25, 0.3) is 0 Å². The van der Waals surface area contributed by atoms with Gasteiger partial charge in [-0.1, -0.05) is 18.2 Å². The lowest BCUT2D eigenvalue weighted by atomic mass is 10.3. The molecule has 0 spiro atoms. The van der Waals surface area contributed by atoms with Crippen molar-refractivity contribution >= 4 is 15.7 Å². The van der Waals surface area contributed by atoms with E-state index in [1.165, 1.54) is 24.5 Å². The molecular formula is C20H18FNO5S. The fraction of sp³-hybridized carbons (Fsp3) is 0.150. The van der Waals surface area contributed by atoms with Crippen molar-refractivity contribution in [1.29, 1.82) is 0 Å². The van der Waals surface area contributed by atoms with Crippen LogP contribution in [0.5, 0.6) is 5.75 Å². The molecule has 1 heterocycles. The average molecular weight is 403 g/mol. The average Bonchev–Trinajstić information content (AvgIpc) is 3.22. The summed E-state index contributed by atoms with van der Waals surface area (Å²) < 4.78 is 49.7. The Morgan fingerprint density at radius 2 is 1.75 bits per heavy atom. The summed E-state index contributed by atoms with van der Waals surface area (Å²) in [6.07, 6.45) is 1.35. The summed E-state index contributed by atoms with van der Waals surface area (Å²) in [4.78, 5) is 12.0. The third kappa shape index (κ3) is 4.77. The Kier molecular flexibility index (Phi) is 6.10. The third-order valence-electron chi connectivity index (χ3n) is 3.98. The molecular weight excluding hydrogens is 385 g/mol. The summed E-state index contributed by atoms with van der Waals surface area (Å²) in [6, 6.07) is 16.3. The molecule has 0 aliphatic carbocycles. The number of nitrogens with one attached hydrogen (secondary N) is 1. The van der Waals surface area contributed by atoms with Gasteiger partial charge in [-0.25, -0.2) is 12.8 Å². The van der Waals surface area contributed by atoms with E-state index in [2.05, 4.69) is 5.32 Å². The molecule has 0 aliphatic heterocycles. The van der Waals surface area contributed by atoms with Crippen LogP contribution in [0.15, 0.2) is 82.3 Å². The van der Waals surface area contributed by atoms with Crippen molar-refractivity contribution in [3.63, 3.8) is 0 Å². The van der Waals surface area contributed by atoms with Crippen molar-refractivity contribution < 1.29 is 26.8 Å². The Bertz CT molecular complexity index is 1000. The van der Waals surface area contributed by atoms with E-state index in [1.54, 1.807) is 30.3 Å². The van der Waals surface area contributed by atoms with Crippen molar-refractivity contribution in [3.8, 4) is 5.75 Å². The first-order valence-corrected chi connectivity index (χ1v) is 9.99. The van der Waals surface area contributed by atoms with Crippen molar-refractivity contribution in [1.82, 2.24) is 5.32 Å². The summed E-state index contributed by atoms with van der Waals surface area (Å²) >= 11 is 0. The van der Waals surface area contributed by atoms with Crippen LogP contribution in [-0.4, -0.2) is 27.5 Å². The Hall–Kier alpha value is -3.13. The minimum atomic E-state index is -3.92. The zero-order valence-corrected chi connectivity index (χ0v) is 15.6. The summed E-state index contributed by atoms with van der Waals surface area (Å²) in [5.74, 6) is -0.317.